The highest BCUT2D eigenvalue weighted by Crippen LogP contribution is 2.24. The molecule has 2 aromatic heterocycles. The number of nitrogens with one attached hydrogen (secondary N) is 1. The summed E-state index contributed by atoms with van der Waals surface area (Å²) >= 11 is 0. The second-order valence-electron chi connectivity index (χ2n) is 5.93. The van der Waals surface area contributed by atoms with Gasteiger partial charge in [-0.05, 0) is 42.3 Å². The molecule has 0 unspecified atom stereocenters. The van der Waals surface area contributed by atoms with Crippen LogP contribution in [0.25, 0.3) is 22.6 Å². The lowest BCUT2D eigenvalue weighted by atomic mass is 10.1. The Morgan fingerprint density at radius 3 is 2.73 bits per heavy atom. The van der Waals surface area contributed by atoms with Crippen molar-refractivity contribution in [2.45, 2.75) is 6.42 Å². The third-order valence-corrected chi connectivity index (χ3v) is 4.10. The Bertz CT molecular complexity index is 1030. The van der Waals surface area contributed by atoms with Gasteiger partial charge in [0.1, 0.15) is 5.52 Å². The van der Waals surface area contributed by atoms with Crippen molar-refractivity contribution in [1.82, 2.24) is 15.3 Å². The maximum absolute atomic E-state index is 12.4. The highest BCUT2D eigenvalue weighted by atomic mass is 16.3. The summed E-state index contributed by atoms with van der Waals surface area (Å²) in [6.45, 7) is 0.582. The predicted molar refractivity (Wildman–Crippen MR) is 99.7 cm³/mol. The highest BCUT2D eigenvalue weighted by molar-refractivity contribution is 5.97. The number of hydrogen-bond donors (Lipinski definition) is 1. The van der Waals surface area contributed by atoms with Crippen molar-refractivity contribution < 1.29 is 9.21 Å². The lowest BCUT2D eigenvalue weighted by molar-refractivity contribution is 0.0954. The number of aromatic nitrogens is 2. The van der Waals surface area contributed by atoms with E-state index in [-0.39, 0.29) is 5.91 Å². The first-order chi connectivity index (χ1) is 12.8. The molecule has 0 aliphatic heterocycles. The minimum absolute atomic E-state index is 0.123. The molecule has 1 amide bonds. The molecule has 0 aliphatic rings. The quantitative estimate of drug-likeness (QED) is 0.597. The number of carbonyl (C=O) groups is 1. The summed E-state index contributed by atoms with van der Waals surface area (Å²) in [7, 11) is 0. The summed E-state index contributed by atoms with van der Waals surface area (Å²) < 4.78 is 5.79. The molecule has 2 heterocycles. The van der Waals surface area contributed by atoms with Gasteiger partial charge in [-0.3, -0.25) is 9.78 Å². The molecule has 26 heavy (non-hydrogen) atoms. The van der Waals surface area contributed by atoms with E-state index in [0.29, 0.717) is 29.1 Å². The number of fused-ring (bicyclic) bond motifs is 1. The van der Waals surface area contributed by atoms with E-state index in [1.54, 1.807) is 30.6 Å². The van der Waals surface area contributed by atoms with Gasteiger partial charge in [-0.1, -0.05) is 30.3 Å². The van der Waals surface area contributed by atoms with Crippen molar-refractivity contribution in [1.29, 1.82) is 0 Å². The van der Waals surface area contributed by atoms with Crippen LogP contribution in [0, 0.1) is 0 Å². The molecule has 128 valence electrons. The average Bonchev–Trinajstić information content (AvgIpc) is 3.13. The topological polar surface area (TPSA) is 68.0 Å². The van der Waals surface area contributed by atoms with Crippen LogP contribution < -0.4 is 5.32 Å². The SMILES string of the molecule is O=C(NCCc1ccccc1)c1ccc2nc(-c3cccnc3)oc2c1. The van der Waals surface area contributed by atoms with Crippen LogP contribution in [-0.2, 0) is 6.42 Å². The van der Waals surface area contributed by atoms with Crippen molar-refractivity contribution in [3.8, 4) is 11.5 Å². The Balaban J connectivity index is 1.47. The number of pyridine rings is 1. The van der Waals surface area contributed by atoms with E-state index in [0.717, 1.165) is 12.0 Å². The van der Waals surface area contributed by atoms with Crippen LogP contribution in [0.4, 0.5) is 0 Å². The Morgan fingerprint density at radius 1 is 1.04 bits per heavy atom. The molecule has 4 rings (SSSR count). The van der Waals surface area contributed by atoms with Crippen LogP contribution in [-0.4, -0.2) is 22.4 Å². The molecule has 5 nitrogen and oxygen atoms in total. The van der Waals surface area contributed by atoms with Gasteiger partial charge in [0.15, 0.2) is 5.58 Å². The number of nitrogens with zero attached hydrogens (tertiary/aromatic N) is 2. The molecule has 0 atom stereocenters. The smallest absolute Gasteiger partial charge is 0.251 e. The van der Waals surface area contributed by atoms with Gasteiger partial charge in [-0.2, -0.15) is 0 Å². The molecular formula is C21H17N3O2. The summed E-state index contributed by atoms with van der Waals surface area (Å²) in [4.78, 5) is 20.9. The number of amides is 1. The molecule has 0 saturated heterocycles. The van der Waals surface area contributed by atoms with Gasteiger partial charge in [0.05, 0.1) is 5.56 Å². The lowest BCUT2D eigenvalue weighted by Gasteiger charge is -2.05. The fourth-order valence-corrected chi connectivity index (χ4v) is 2.75. The van der Waals surface area contributed by atoms with Crippen LogP contribution in [0.15, 0.2) is 77.5 Å². The molecule has 0 saturated carbocycles. The minimum atomic E-state index is -0.123. The van der Waals surface area contributed by atoms with E-state index < -0.39 is 0 Å². The third-order valence-electron chi connectivity index (χ3n) is 4.10. The van der Waals surface area contributed by atoms with E-state index in [1.807, 2.05) is 42.5 Å². The lowest BCUT2D eigenvalue weighted by Crippen LogP contribution is -2.25. The summed E-state index contributed by atoms with van der Waals surface area (Å²) in [5.41, 5.74) is 3.85. The Morgan fingerprint density at radius 2 is 1.92 bits per heavy atom. The van der Waals surface area contributed by atoms with Crippen molar-refractivity contribution >= 4 is 17.0 Å². The number of benzene rings is 2. The van der Waals surface area contributed by atoms with Gasteiger partial charge in [-0.15, -0.1) is 0 Å². The summed E-state index contributed by atoms with van der Waals surface area (Å²) in [6, 6.07) is 19.1. The molecule has 0 radical (unpaired) electrons. The van der Waals surface area contributed by atoms with Gasteiger partial charge >= 0.3 is 0 Å². The zero-order valence-electron chi connectivity index (χ0n) is 14.1. The Kier molecular flexibility index (Phi) is 4.43. The van der Waals surface area contributed by atoms with E-state index in [1.165, 1.54) is 5.56 Å². The average molecular weight is 343 g/mol. The van der Waals surface area contributed by atoms with Gasteiger partial charge in [0.2, 0.25) is 5.89 Å². The number of oxazole rings is 1. The first kappa shape index (κ1) is 16.0. The number of rotatable bonds is 5. The second kappa shape index (κ2) is 7.19. The second-order valence-corrected chi connectivity index (χ2v) is 5.93. The van der Waals surface area contributed by atoms with E-state index in [9.17, 15) is 4.79 Å². The van der Waals surface area contributed by atoms with Gasteiger partial charge in [0.25, 0.3) is 5.91 Å². The van der Waals surface area contributed by atoms with Crippen molar-refractivity contribution in [2.24, 2.45) is 0 Å². The van der Waals surface area contributed by atoms with Crippen molar-refractivity contribution in [2.75, 3.05) is 6.54 Å². The number of hydrogen-bond acceptors (Lipinski definition) is 4. The predicted octanol–water partition coefficient (Wildman–Crippen LogP) is 3.86. The molecule has 4 aromatic rings. The van der Waals surface area contributed by atoms with Gasteiger partial charge < -0.3 is 9.73 Å². The van der Waals surface area contributed by atoms with Crippen LogP contribution in [0.3, 0.4) is 0 Å². The van der Waals surface area contributed by atoms with Crippen molar-refractivity contribution in [3.05, 3.63) is 84.2 Å². The molecule has 0 aliphatic carbocycles. The Labute approximate surface area is 150 Å². The standard InChI is InChI=1S/C21H17N3O2/c25-20(23-12-10-15-5-2-1-3-6-15)16-8-9-18-19(13-16)26-21(24-18)17-7-4-11-22-14-17/h1-9,11,13-14H,10,12H2,(H,23,25). The van der Waals surface area contributed by atoms with E-state index >= 15 is 0 Å². The molecule has 0 spiro atoms. The largest absolute Gasteiger partial charge is 0.436 e. The third kappa shape index (κ3) is 3.47. The molecule has 5 heteroatoms. The molecular weight excluding hydrogens is 326 g/mol. The first-order valence-electron chi connectivity index (χ1n) is 8.43. The monoisotopic (exact) mass is 343 g/mol. The maximum Gasteiger partial charge on any atom is 0.251 e. The fourth-order valence-electron chi connectivity index (χ4n) is 2.75. The normalized spacial score (nSPS) is 10.8. The fraction of sp³-hybridized carbons (Fsp3) is 0.0952. The Hall–Kier alpha value is -3.47. The van der Waals surface area contributed by atoms with Crippen LogP contribution in [0.5, 0.6) is 0 Å². The zero-order chi connectivity index (χ0) is 17.8. The van der Waals surface area contributed by atoms with Gasteiger partial charge in [-0.25, -0.2) is 4.98 Å². The molecule has 0 bridgehead atoms. The summed E-state index contributed by atoms with van der Waals surface area (Å²) in [6.07, 6.45) is 4.19. The van der Waals surface area contributed by atoms with Crippen LogP contribution in [0.2, 0.25) is 0 Å². The zero-order valence-corrected chi connectivity index (χ0v) is 14.1. The first-order valence-corrected chi connectivity index (χ1v) is 8.43. The van der Waals surface area contributed by atoms with E-state index in [2.05, 4.69) is 15.3 Å². The number of carbonyl (C=O) groups excluding carboxylic acids is 1. The summed E-state index contributed by atoms with van der Waals surface area (Å²) in [5.74, 6) is 0.372. The highest BCUT2D eigenvalue weighted by Gasteiger charge is 2.12. The van der Waals surface area contributed by atoms with Crippen molar-refractivity contribution in [3.63, 3.8) is 0 Å². The van der Waals surface area contributed by atoms with Crippen LogP contribution >= 0.6 is 0 Å². The molecule has 0 fully saturated rings. The van der Waals surface area contributed by atoms with Crippen LogP contribution in [0.1, 0.15) is 15.9 Å². The van der Waals surface area contributed by atoms with Gasteiger partial charge in [0, 0.05) is 24.5 Å². The minimum Gasteiger partial charge on any atom is -0.436 e. The maximum atomic E-state index is 12.4. The molecule has 1 N–H and O–H groups in total. The summed E-state index contributed by atoms with van der Waals surface area (Å²) in [5, 5.41) is 2.94. The molecule has 2 aromatic carbocycles. The van der Waals surface area contributed by atoms with E-state index in [4.69, 9.17) is 4.42 Å².